The minimum Gasteiger partial charge on any atom is -0.478 e. The monoisotopic (exact) mass is 416 g/mol. The van der Waals surface area contributed by atoms with Crippen molar-refractivity contribution in [2.75, 3.05) is 38.0 Å². The molecule has 6 nitrogen and oxygen atoms in total. The van der Waals surface area contributed by atoms with Crippen molar-refractivity contribution < 1.29 is 19.4 Å². The summed E-state index contributed by atoms with van der Waals surface area (Å²) in [6.07, 6.45) is 0. The Bertz CT molecular complexity index is 1100. The van der Waals surface area contributed by atoms with Crippen LogP contribution in [0.1, 0.15) is 37.4 Å². The molecule has 0 saturated carbocycles. The van der Waals surface area contributed by atoms with Crippen LogP contribution in [0.4, 0.5) is 11.4 Å². The standard InChI is InChI=1S/C25H24N2O4/c1-26(2)19-10-6-17(7-11-19)25(18-8-12-20(13-9-18)27(3)4)22-14-5-16(23(28)29)15-21(22)24(30)31-25/h5-15H,1-4H3,(H,28,29). The van der Waals surface area contributed by atoms with Crippen LogP contribution in [0, 0.1) is 0 Å². The highest BCUT2D eigenvalue weighted by molar-refractivity contribution is 5.99. The zero-order valence-corrected chi connectivity index (χ0v) is 17.9. The summed E-state index contributed by atoms with van der Waals surface area (Å²) in [4.78, 5) is 28.4. The van der Waals surface area contributed by atoms with Gasteiger partial charge in [-0.1, -0.05) is 30.3 Å². The summed E-state index contributed by atoms with van der Waals surface area (Å²) in [6, 6.07) is 20.3. The molecular weight excluding hydrogens is 392 g/mol. The third-order valence-electron chi connectivity index (χ3n) is 5.69. The van der Waals surface area contributed by atoms with E-state index in [4.69, 9.17) is 4.74 Å². The number of rotatable bonds is 5. The molecule has 3 aromatic rings. The molecule has 0 bridgehead atoms. The molecule has 4 rings (SSSR count). The fraction of sp³-hybridized carbons (Fsp3) is 0.200. The molecule has 0 radical (unpaired) electrons. The number of aromatic carboxylic acids is 1. The summed E-state index contributed by atoms with van der Waals surface area (Å²) in [5.74, 6) is -1.62. The summed E-state index contributed by atoms with van der Waals surface area (Å²) in [5.41, 5.74) is 3.44. The van der Waals surface area contributed by atoms with Crippen LogP contribution in [0.15, 0.2) is 66.7 Å². The van der Waals surface area contributed by atoms with Gasteiger partial charge in [0.2, 0.25) is 0 Å². The molecule has 158 valence electrons. The Morgan fingerprint density at radius 1 is 0.806 bits per heavy atom. The second kappa shape index (κ2) is 7.47. The Hall–Kier alpha value is -3.80. The van der Waals surface area contributed by atoms with Crippen molar-refractivity contribution in [1.82, 2.24) is 0 Å². The molecule has 1 aliphatic rings. The van der Waals surface area contributed by atoms with Gasteiger partial charge in [-0.05, 0) is 36.4 Å². The van der Waals surface area contributed by atoms with Gasteiger partial charge in [-0.3, -0.25) is 0 Å². The van der Waals surface area contributed by atoms with E-state index in [-0.39, 0.29) is 11.1 Å². The van der Waals surface area contributed by atoms with Crippen molar-refractivity contribution >= 4 is 23.3 Å². The highest BCUT2D eigenvalue weighted by Gasteiger charge is 2.48. The number of carbonyl (C=O) groups excluding carboxylic acids is 1. The predicted molar refractivity (Wildman–Crippen MR) is 120 cm³/mol. The van der Waals surface area contributed by atoms with E-state index in [1.165, 1.54) is 12.1 Å². The first kappa shape index (κ1) is 20.5. The smallest absolute Gasteiger partial charge is 0.340 e. The zero-order chi connectivity index (χ0) is 22.3. The molecule has 0 saturated heterocycles. The lowest BCUT2D eigenvalue weighted by Crippen LogP contribution is -2.29. The van der Waals surface area contributed by atoms with E-state index in [0.29, 0.717) is 5.56 Å². The van der Waals surface area contributed by atoms with Crippen molar-refractivity contribution in [1.29, 1.82) is 0 Å². The van der Waals surface area contributed by atoms with Crippen LogP contribution in [-0.2, 0) is 10.3 Å². The second-order valence-corrected chi connectivity index (χ2v) is 8.02. The molecule has 0 aromatic heterocycles. The Labute approximate surface area is 181 Å². The Morgan fingerprint density at radius 3 is 1.71 bits per heavy atom. The molecule has 3 aromatic carbocycles. The number of carboxylic acid groups (broad SMARTS) is 1. The first-order valence-corrected chi connectivity index (χ1v) is 9.91. The highest BCUT2D eigenvalue weighted by atomic mass is 16.6. The van der Waals surface area contributed by atoms with Crippen molar-refractivity contribution in [2.24, 2.45) is 0 Å². The molecule has 31 heavy (non-hydrogen) atoms. The van der Waals surface area contributed by atoms with Gasteiger partial charge in [0.15, 0.2) is 5.60 Å². The number of anilines is 2. The lowest BCUT2D eigenvalue weighted by Gasteiger charge is -2.31. The fourth-order valence-corrected chi connectivity index (χ4v) is 3.99. The van der Waals surface area contributed by atoms with Gasteiger partial charge in [-0.15, -0.1) is 0 Å². The Balaban J connectivity index is 1.95. The largest absolute Gasteiger partial charge is 0.478 e. The number of esters is 1. The lowest BCUT2D eigenvalue weighted by molar-refractivity contribution is 0.0251. The van der Waals surface area contributed by atoms with Gasteiger partial charge in [0.1, 0.15) is 0 Å². The molecule has 6 heteroatoms. The van der Waals surface area contributed by atoms with Gasteiger partial charge in [0.05, 0.1) is 11.1 Å². The van der Waals surface area contributed by atoms with Gasteiger partial charge in [0.25, 0.3) is 0 Å². The number of cyclic esters (lactones) is 1. The van der Waals surface area contributed by atoms with E-state index in [1.807, 2.05) is 86.5 Å². The van der Waals surface area contributed by atoms with Gasteiger partial charge < -0.3 is 19.6 Å². The molecule has 0 spiro atoms. The van der Waals surface area contributed by atoms with Gasteiger partial charge >= 0.3 is 11.9 Å². The van der Waals surface area contributed by atoms with Crippen molar-refractivity contribution in [2.45, 2.75) is 5.60 Å². The van der Waals surface area contributed by atoms with Gasteiger partial charge in [0, 0.05) is 56.3 Å². The van der Waals surface area contributed by atoms with Crippen LogP contribution in [0.5, 0.6) is 0 Å². The van der Waals surface area contributed by atoms with Crippen LogP contribution in [0.2, 0.25) is 0 Å². The number of carbonyl (C=O) groups is 2. The third-order valence-corrected chi connectivity index (χ3v) is 5.69. The lowest BCUT2D eigenvalue weighted by atomic mass is 9.79. The number of carboxylic acids is 1. The maximum absolute atomic E-state index is 12.9. The predicted octanol–water partition coefficient (Wildman–Crippen LogP) is 3.98. The minimum atomic E-state index is -1.15. The molecule has 1 aliphatic heterocycles. The van der Waals surface area contributed by atoms with Crippen LogP contribution < -0.4 is 9.80 Å². The van der Waals surface area contributed by atoms with Crippen LogP contribution >= 0.6 is 0 Å². The third kappa shape index (κ3) is 3.30. The van der Waals surface area contributed by atoms with E-state index in [9.17, 15) is 14.7 Å². The summed E-state index contributed by atoms with van der Waals surface area (Å²) in [5, 5.41) is 9.37. The fourth-order valence-electron chi connectivity index (χ4n) is 3.99. The summed E-state index contributed by atoms with van der Waals surface area (Å²) in [6.45, 7) is 0. The first-order valence-electron chi connectivity index (χ1n) is 9.91. The highest BCUT2D eigenvalue weighted by Crippen LogP contribution is 2.47. The average molecular weight is 416 g/mol. The van der Waals surface area contributed by atoms with Crippen molar-refractivity contribution in [3.05, 3.63) is 94.5 Å². The Kier molecular flexibility index (Phi) is 4.93. The normalized spacial score (nSPS) is 14.0. The van der Waals surface area contributed by atoms with Gasteiger partial charge in [-0.2, -0.15) is 0 Å². The number of ether oxygens (including phenoxy) is 1. The Morgan fingerprint density at radius 2 is 1.29 bits per heavy atom. The maximum atomic E-state index is 12.9. The molecule has 0 amide bonds. The topological polar surface area (TPSA) is 70.1 Å². The quantitative estimate of drug-likeness (QED) is 0.635. The summed E-state index contributed by atoms with van der Waals surface area (Å²) < 4.78 is 6.07. The minimum absolute atomic E-state index is 0.0532. The SMILES string of the molecule is CN(C)c1ccc(C2(c3ccc(N(C)C)cc3)OC(=O)c3cc(C(=O)O)ccc32)cc1. The van der Waals surface area contributed by atoms with E-state index < -0.39 is 17.5 Å². The summed E-state index contributed by atoms with van der Waals surface area (Å²) >= 11 is 0. The average Bonchev–Trinajstić information content (AvgIpc) is 3.06. The second-order valence-electron chi connectivity index (χ2n) is 8.02. The molecular formula is C25H24N2O4. The number of benzene rings is 3. The molecule has 0 atom stereocenters. The van der Waals surface area contributed by atoms with Gasteiger partial charge in [-0.25, -0.2) is 9.59 Å². The summed E-state index contributed by atoms with van der Waals surface area (Å²) in [7, 11) is 7.85. The van der Waals surface area contributed by atoms with Crippen LogP contribution in [0.25, 0.3) is 0 Å². The van der Waals surface area contributed by atoms with Crippen LogP contribution in [-0.4, -0.2) is 45.2 Å². The first-order chi connectivity index (χ1) is 14.7. The number of nitrogens with zero attached hydrogens (tertiary/aromatic N) is 2. The number of hydrogen-bond donors (Lipinski definition) is 1. The maximum Gasteiger partial charge on any atom is 0.340 e. The van der Waals surface area contributed by atoms with E-state index in [0.717, 1.165) is 22.5 Å². The van der Waals surface area contributed by atoms with Crippen molar-refractivity contribution in [3.8, 4) is 0 Å². The van der Waals surface area contributed by atoms with Crippen LogP contribution in [0.3, 0.4) is 0 Å². The van der Waals surface area contributed by atoms with E-state index in [1.54, 1.807) is 6.07 Å². The zero-order valence-electron chi connectivity index (χ0n) is 17.9. The van der Waals surface area contributed by atoms with Crippen molar-refractivity contribution in [3.63, 3.8) is 0 Å². The molecule has 0 aliphatic carbocycles. The molecule has 0 fully saturated rings. The molecule has 0 unspecified atom stereocenters. The van der Waals surface area contributed by atoms with E-state index in [2.05, 4.69) is 0 Å². The molecule has 1 N–H and O–H groups in total. The number of hydrogen-bond acceptors (Lipinski definition) is 5. The number of fused-ring (bicyclic) bond motifs is 1. The van der Waals surface area contributed by atoms with E-state index >= 15 is 0 Å². The molecule has 1 heterocycles.